The van der Waals surface area contributed by atoms with Gasteiger partial charge in [0, 0.05) is 12.6 Å². The Morgan fingerprint density at radius 3 is 2.92 bits per heavy atom. The van der Waals surface area contributed by atoms with Gasteiger partial charge < -0.3 is 5.32 Å². The quantitative estimate of drug-likeness (QED) is 0.320. The first-order valence-electron chi connectivity index (χ1n) is 3.65. The zero-order valence-corrected chi connectivity index (χ0v) is 6.62. The fourth-order valence-electron chi connectivity index (χ4n) is 1.07. The highest BCUT2D eigenvalue weighted by molar-refractivity contribution is 5.90. The van der Waals surface area contributed by atoms with Crippen LogP contribution in [0.2, 0.25) is 0 Å². The lowest BCUT2D eigenvalue weighted by atomic mass is 10.2. The third kappa shape index (κ3) is 1.62. The van der Waals surface area contributed by atoms with Crippen molar-refractivity contribution in [1.82, 2.24) is 10.3 Å². The van der Waals surface area contributed by atoms with E-state index in [1.165, 1.54) is 6.20 Å². The molecule has 1 aliphatic heterocycles. The number of amides is 2. The maximum absolute atomic E-state index is 11.2. The topological polar surface area (TPSA) is 75.4 Å². The van der Waals surface area contributed by atoms with Crippen molar-refractivity contribution in [1.29, 1.82) is 0 Å². The Morgan fingerprint density at radius 1 is 1.83 bits per heavy atom. The summed E-state index contributed by atoms with van der Waals surface area (Å²) in [4.78, 5) is 22.0. The number of carbonyl (C=O) groups excluding carboxylic acids is 2. The molecule has 1 saturated heterocycles. The van der Waals surface area contributed by atoms with Crippen LogP contribution in [-0.2, 0) is 9.59 Å². The van der Waals surface area contributed by atoms with E-state index in [0.717, 1.165) is 5.01 Å². The number of carbonyl (C=O) groups is 2. The Bertz CT molecular complexity index is 227. The monoisotopic (exact) mass is 169 g/mol. The summed E-state index contributed by atoms with van der Waals surface area (Å²) in [5.74, 6) is 4.83. The summed E-state index contributed by atoms with van der Waals surface area (Å²) < 4.78 is 0. The van der Waals surface area contributed by atoms with Gasteiger partial charge in [-0.25, -0.2) is 5.84 Å². The van der Waals surface area contributed by atoms with Crippen LogP contribution in [0.5, 0.6) is 0 Å². The molecular formula is C7H11N3O2. The third-order valence-electron chi connectivity index (χ3n) is 1.74. The minimum Gasteiger partial charge on any atom is -0.344 e. The van der Waals surface area contributed by atoms with Gasteiger partial charge in [0.2, 0.25) is 5.91 Å². The van der Waals surface area contributed by atoms with Crippen molar-refractivity contribution in [2.24, 2.45) is 5.84 Å². The highest BCUT2D eigenvalue weighted by atomic mass is 16.2. The number of hydrogen-bond donors (Lipinski definition) is 2. The lowest BCUT2D eigenvalue weighted by Crippen LogP contribution is -2.45. The van der Waals surface area contributed by atoms with Crippen molar-refractivity contribution in [2.45, 2.75) is 18.9 Å². The predicted molar refractivity (Wildman–Crippen MR) is 42.4 cm³/mol. The van der Waals surface area contributed by atoms with Crippen molar-refractivity contribution in [3.8, 4) is 0 Å². The first-order valence-corrected chi connectivity index (χ1v) is 3.65. The summed E-state index contributed by atoms with van der Waals surface area (Å²) in [6.45, 7) is 3.34. The molecule has 0 spiro atoms. The molecule has 3 N–H and O–H groups in total. The maximum atomic E-state index is 11.2. The Morgan fingerprint density at radius 2 is 2.50 bits per heavy atom. The van der Waals surface area contributed by atoms with Crippen LogP contribution in [0.1, 0.15) is 12.8 Å². The molecule has 1 atom stereocenters. The van der Waals surface area contributed by atoms with Gasteiger partial charge >= 0.3 is 0 Å². The van der Waals surface area contributed by atoms with E-state index in [2.05, 4.69) is 11.9 Å². The Labute approximate surface area is 70.2 Å². The highest BCUT2D eigenvalue weighted by Gasteiger charge is 2.28. The zero-order chi connectivity index (χ0) is 9.14. The highest BCUT2D eigenvalue weighted by Crippen LogP contribution is 2.07. The van der Waals surface area contributed by atoms with Crippen LogP contribution in [0.3, 0.4) is 0 Å². The second-order valence-electron chi connectivity index (χ2n) is 2.59. The predicted octanol–water partition coefficient (Wildman–Crippen LogP) is -0.889. The summed E-state index contributed by atoms with van der Waals surface area (Å²) in [6, 6.07) is -0.472. The molecule has 0 bridgehead atoms. The van der Waals surface area contributed by atoms with E-state index in [1.54, 1.807) is 0 Å². The summed E-state index contributed by atoms with van der Waals surface area (Å²) in [6.07, 6.45) is 2.12. The summed E-state index contributed by atoms with van der Waals surface area (Å²) >= 11 is 0. The molecule has 0 radical (unpaired) electrons. The molecule has 5 nitrogen and oxygen atoms in total. The average Bonchev–Trinajstić information content (AvgIpc) is 2.49. The standard InChI is InChI=1S/C7H11N3O2/c1-2-10(8)7(12)5-3-4-6(11)9-5/h2,5H,1,3-4,8H2,(H,9,11)/t5-/m0/s1. The lowest BCUT2D eigenvalue weighted by molar-refractivity contribution is -0.132. The van der Waals surface area contributed by atoms with Crippen LogP contribution >= 0.6 is 0 Å². The van der Waals surface area contributed by atoms with Gasteiger partial charge in [-0.2, -0.15) is 0 Å². The first kappa shape index (κ1) is 8.73. The second-order valence-corrected chi connectivity index (χ2v) is 2.59. The molecule has 12 heavy (non-hydrogen) atoms. The molecule has 1 aliphatic rings. The Kier molecular flexibility index (Phi) is 2.44. The van der Waals surface area contributed by atoms with Crippen molar-refractivity contribution < 1.29 is 9.59 Å². The summed E-state index contributed by atoms with van der Waals surface area (Å²) in [5.41, 5.74) is 0. The number of hydrazine groups is 1. The number of nitrogens with two attached hydrogens (primary N) is 1. The van der Waals surface area contributed by atoms with Crippen LogP contribution in [0, 0.1) is 0 Å². The van der Waals surface area contributed by atoms with Gasteiger partial charge in [0.05, 0.1) is 0 Å². The largest absolute Gasteiger partial charge is 0.344 e. The number of nitrogens with zero attached hydrogens (tertiary/aromatic N) is 1. The number of rotatable bonds is 2. The molecule has 0 aromatic rings. The minimum absolute atomic E-state index is 0.106. The fourth-order valence-corrected chi connectivity index (χ4v) is 1.07. The molecule has 1 fully saturated rings. The molecule has 1 rings (SSSR count). The van der Waals surface area contributed by atoms with Gasteiger partial charge in [0.25, 0.3) is 5.91 Å². The lowest BCUT2D eigenvalue weighted by Gasteiger charge is -2.15. The normalized spacial score (nSPS) is 21.8. The van der Waals surface area contributed by atoms with Crippen molar-refractivity contribution in [3.05, 3.63) is 12.8 Å². The summed E-state index contributed by atoms with van der Waals surface area (Å²) in [7, 11) is 0. The van der Waals surface area contributed by atoms with Gasteiger partial charge in [-0.1, -0.05) is 6.58 Å². The molecule has 0 saturated carbocycles. The van der Waals surface area contributed by atoms with E-state index in [-0.39, 0.29) is 11.8 Å². The van der Waals surface area contributed by atoms with Crippen molar-refractivity contribution >= 4 is 11.8 Å². The molecule has 5 heteroatoms. The van der Waals surface area contributed by atoms with Crippen LogP contribution < -0.4 is 11.2 Å². The minimum atomic E-state index is -0.472. The fraction of sp³-hybridized carbons (Fsp3) is 0.429. The number of nitrogens with one attached hydrogen (secondary N) is 1. The van der Waals surface area contributed by atoms with Crippen molar-refractivity contribution in [2.75, 3.05) is 0 Å². The average molecular weight is 169 g/mol. The SMILES string of the molecule is C=CN(N)C(=O)[C@@H]1CCC(=O)N1. The molecule has 0 aromatic carbocycles. The van der Waals surface area contributed by atoms with Gasteiger partial charge in [0.15, 0.2) is 0 Å². The van der Waals surface area contributed by atoms with Crippen molar-refractivity contribution in [3.63, 3.8) is 0 Å². The molecule has 66 valence electrons. The van der Waals surface area contributed by atoms with E-state index in [0.29, 0.717) is 12.8 Å². The van der Waals surface area contributed by atoms with E-state index >= 15 is 0 Å². The molecule has 0 aliphatic carbocycles. The Hall–Kier alpha value is -1.36. The van der Waals surface area contributed by atoms with Crippen LogP contribution in [0.15, 0.2) is 12.8 Å². The van der Waals surface area contributed by atoms with Gasteiger partial charge in [-0.05, 0) is 6.42 Å². The molecule has 0 aromatic heterocycles. The molecule has 1 heterocycles. The van der Waals surface area contributed by atoms with E-state index in [9.17, 15) is 9.59 Å². The molecule has 2 amide bonds. The van der Waals surface area contributed by atoms with E-state index in [1.807, 2.05) is 0 Å². The van der Waals surface area contributed by atoms with Crippen LogP contribution in [-0.4, -0.2) is 22.9 Å². The smallest absolute Gasteiger partial charge is 0.263 e. The number of hydrogen-bond acceptors (Lipinski definition) is 3. The van der Waals surface area contributed by atoms with Gasteiger partial charge in [0.1, 0.15) is 6.04 Å². The van der Waals surface area contributed by atoms with Gasteiger partial charge in [-0.15, -0.1) is 0 Å². The van der Waals surface area contributed by atoms with Gasteiger partial charge in [-0.3, -0.25) is 14.6 Å². The van der Waals surface area contributed by atoms with Crippen LogP contribution in [0.4, 0.5) is 0 Å². The van der Waals surface area contributed by atoms with Crippen LogP contribution in [0.25, 0.3) is 0 Å². The third-order valence-corrected chi connectivity index (χ3v) is 1.74. The maximum Gasteiger partial charge on any atom is 0.263 e. The molecule has 0 unspecified atom stereocenters. The van der Waals surface area contributed by atoms with E-state index < -0.39 is 6.04 Å². The zero-order valence-electron chi connectivity index (χ0n) is 6.62. The second kappa shape index (κ2) is 3.36. The Balaban J connectivity index is 2.53. The summed E-state index contributed by atoms with van der Waals surface area (Å²) in [5, 5.41) is 3.40. The first-order chi connectivity index (χ1) is 5.65. The molecular weight excluding hydrogens is 158 g/mol. The van der Waals surface area contributed by atoms with E-state index in [4.69, 9.17) is 5.84 Å².